The van der Waals surface area contributed by atoms with Crippen molar-refractivity contribution in [2.45, 2.75) is 12.8 Å². The third-order valence-electron chi connectivity index (χ3n) is 4.27. The molecular formula is C19H22N4O2. The molecule has 2 amide bonds. The van der Waals surface area contributed by atoms with E-state index in [1.165, 1.54) is 5.56 Å². The Morgan fingerprint density at radius 1 is 1.20 bits per heavy atom. The molecule has 0 aliphatic carbocycles. The number of fused-ring (bicyclic) bond motifs is 1. The average Bonchev–Trinajstić information content (AvgIpc) is 2.65. The van der Waals surface area contributed by atoms with E-state index in [1.807, 2.05) is 38.4 Å². The highest BCUT2D eigenvalue weighted by atomic mass is 16.2. The van der Waals surface area contributed by atoms with Crippen LogP contribution >= 0.6 is 0 Å². The Balaban J connectivity index is 1.69. The maximum absolute atomic E-state index is 12.6. The van der Waals surface area contributed by atoms with Crippen molar-refractivity contribution in [2.24, 2.45) is 0 Å². The number of aromatic nitrogens is 1. The van der Waals surface area contributed by atoms with Gasteiger partial charge in [0.05, 0.1) is 12.1 Å². The maximum Gasteiger partial charge on any atom is 0.255 e. The van der Waals surface area contributed by atoms with Gasteiger partial charge in [0.2, 0.25) is 5.91 Å². The summed E-state index contributed by atoms with van der Waals surface area (Å²) in [6.45, 7) is 0.649. The molecule has 130 valence electrons. The number of amides is 2. The first kappa shape index (κ1) is 17.0. The topological polar surface area (TPSA) is 65.5 Å². The first-order chi connectivity index (χ1) is 12.1. The predicted molar refractivity (Wildman–Crippen MR) is 98.0 cm³/mol. The molecule has 2 heterocycles. The highest BCUT2D eigenvalue weighted by molar-refractivity contribution is 6.03. The SMILES string of the molecule is CN(C)c1ncccc1C(=O)NCC(=O)N1CCCc2ccccc21. The van der Waals surface area contributed by atoms with Crippen LogP contribution in [0.3, 0.4) is 0 Å². The summed E-state index contributed by atoms with van der Waals surface area (Å²) in [5.74, 6) is 0.182. The van der Waals surface area contributed by atoms with E-state index in [9.17, 15) is 9.59 Å². The van der Waals surface area contributed by atoms with Crippen molar-refractivity contribution in [3.63, 3.8) is 0 Å². The Bertz CT molecular complexity index is 788. The number of rotatable bonds is 4. The van der Waals surface area contributed by atoms with Gasteiger partial charge in [0, 0.05) is 32.5 Å². The zero-order valence-corrected chi connectivity index (χ0v) is 14.5. The van der Waals surface area contributed by atoms with Gasteiger partial charge in [-0.05, 0) is 36.6 Å². The molecule has 1 aromatic heterocycles. The zero-order valence-electron chi connectivity index (χ0n) is 14.5. The molecular weight excluding hydrogens is 316 g/mol. The van der Waals surface area contributed by atoms with Crippen LogP contribution in [0.1, 0.15) is 22.3 Å². The molecule has 1 aromatic carbocycles. The summed E-state index contributed by atoms with van der Waals surface area (Å²) in [6.07, 6.45) is 3.56. The number of anilines is 2. The van der Waals surface area contributed by atoms with Gasteiger partial charge in [-0.3, -0.25) is 9.59 Å². The van der Waals surface area contributed by atoms with Crippen LogP contribution in [-0.4, -0.2) is 44.0 Å². The molecule has 0 saturated heterocycles. The number of para-hydroxylation sites is 1. The van der Waals surface area contributed by atoms with Gasteiger partial charge in [0.1, 0.15) is 5.82 Å². The van der Waals surface area contributed by atoms with Crippen LogP contribution in [0.4, 0.5) is 11.5 Å². The summed E-state index contributed by atoms with van der Waals surface area (Å²) in [7, 11) is 3.66. The van der Waals surface area contributed by atoms with Crippen LogP contribution < -0.4 is 15.1 Å². The lowest BCUT2D eigenvalue weighted by Gasteiger charge is -2.29. The number of benzene rings is 1. The molecule has 1 aliphatic heterocycles. The minimum atomic E-state index is -0.296. The fraction of sp³-hybridized carbons (Fsp3) is 0.316. The number of nitrogens with zero attached hydrogens (tertiary/aromatic N) is 3. The van der Waals surface area contributed by atoms with Crippen LogP contribution in [0, 0.1) is 0 Å². The minimum Gasteiger partial charge on any atom is -0.362 e. The molecule has 3 rings (SSSR count). The molecule has 6 heteroatoms. The van der Waals surface area contributed by atoms with Gasteiger partial charge >= 0.3 is 0 Å². The largest absolute Gasteiger partial charge is 0.362 e. The summed E-state index contributed by atoms with van der Waals surface area (Å²) >= 11 is 0. The van der Waals surface area contributed by atoms with Gasteiger partial charge in [-0.25, -0.2) is 4.98 Å². The van der Waals surface area contributed by atoms with E-state index in [0.717, 1.165) is 18.5 Å². The molecule has 1 aliphatic rings. The summed E-state index contributed by atoms with van der Waals surface area (Å²) in [4.78, 5) is 32.8. The molecule has 0 fully saturated rings. The van der Waals surface area contributed by atoms with Gasteiger partial charge in [-0.15, -0.1) is 0 Å². The van der Waals surface area contributed by atoms with Crippen LogP contribution in [0.25, 0.3) is 0 Å². The summed E-state index contributed by atoms with van der Waals surface area (Å²) in [5.41, 5.74) is 2.58. The van der Waals surface area contributed by atoms with Crippen molar-refractivity contribution >= 4 is 23.3 Å². The Morgan fingerprint density at radius 3 is 2.80 bits per heavy atom. The monoisotopic (exact) mass is 338 g/mol. The number of carbonyl (C=O) groups excluding carboxylic acids is 2. The first-order valence-electron chi connectivity index (χ1n) is 8.36. The quantitative estimate of drug-likeness (QED) is 0.924. The van der Waals surface area contributed by atoms with Crippen molar-refractivity contribution in [1.29, 1.82) is 0 Å². The summed E-state index contributed by atoms with van der Waals surface area (Å²) < 4.78 is 0. The fourth-order valence-electron chi connectivity index (χ4n) is 3.07. The van der Waals surface area contributed by atoms with E-state index < -0.39 is 0 Å². The van der Waals surface area contributed by atoms with Crippen molar-refractivity contribution in [3.8, 4) is 0 Å². The third-order valence-corrected chi connectivity index (χ3v) is 4.27. The van der Waals surface area contributed by atoms with Gasteiger partial charge in [-0.2, -0.15) is 0 Å². The molecule has 1 N–H and O–H groups in total. The smallest absolute Gasteiger partial charge is 0.255 e. The maximum atomic E-state index is 12.6. The summed E-state index contributed by atoms with van der Waals surface area (Å²) in [5, 5.41) is 2.73. The predicted octanol–water partition coefficient (Wildman–Crippen LogP) is 1.86. The minimum absolute atomic E-state index is 0.0328. The number of carbonyl (C=O) groups is 2. The lowest BCUT2D eigenvalue weighted by molar-refractivity contribution is -0.117. The van der Waals surface area contributed by atoms with Crippen LogP contribution in [0.5, 0.6) is 0 Å². The number of hydrogen-bond donors (Lipinski definition) is 1. The van der Waals surface area contributed by atoms with E-state index in [-0.39, 0.29) is 18.4 Å². The highest BCUT2D eigenvalue weighted by Gasteiger charge is 2.23. The Labute approximate surface area is 147 Å². The van der Waals surface area contributed by atoms with Gasteiger partial charge in [0.25, 0.3) is 5.91 Å². The number of pyridine rings is 1. The molecule has 0 atom stereocenters. The lowest BCUT2D eigenvalue weighted by Crippen LogP contribution is -2.42. The molecule has 0 radical (unpaired) electrons. The van der Waals surface area contributed by atoms with Gasteiger partial charge < -0.3 is 15.1 Å². The Hall–Kier alpha value is -2.89. The second kappa shape index (κ2) is 7.34. The number of aryl methyl sites for hydroxylation is 1. The van der Waals surface area contributed by atoms with E-state index >= 15 is 0 Å². The highest BCUT2D eigenvalue weighted by Crippen LogP contribution is 2.26. The zero-order chi connectivity index (χ0) is 17.8. The number of hydrogen-bond acceptors (Lipinski definition) is 4. The first-order valence-corrected chi connectivity index (χ1v) is 8.36. The molecule has 2 aromatic rings. The van der Waals surface area contributed by atoms with Gasteiger partial charge in [0.15, 0.2) is 0 Å². The number of nitrogens with one attached hydrogen (secondary N) is 1. The summed E-state index contributed by atoms with van der Waals surface area (Å²) in [6, 6.07) is 11.3. The average molecular weight is 338 g/mol. The van der Waals surface area contributed by atoms with E-state index in [2.05, 4.69) is 10.3 Å². The van der Waals surface area contributed by atoms with E-state index in [1.54, 1.807) is 28.1 Å². The van der Waals surface area contributed by atoms with Gasteiger partial charge in [-0.1, -0.05) is 18.2 Å². The molecule has 0 spiro atoms. The normalized spacial score (nSPS) is 13.1. The van der Waals surface area contributed by atoms with E-state index in [4.69, 9.17) is 0 Å². The van der Waals surface area contributed by atoms with Crippen LogP contribution in [0.2, 0.25) is 0 Å². The fourth-order valence-corrected chi connectivity index (χ4v) is 3.07. The standard InChI is InChI=1S/C19H22N4O2/c1-22(2)18-15(9-5-11-20-18)19(25)21-13-17(24)23-12-6-8-14-7-3-4-10-16(14)23/h3-5,7,9-11H,6,8,12-13H2,1-2H3,(H,21,25). The second-order valence-corrected chi connectivity index (χ2v) is 6.23. The van der Waals surface area contributed by atoms with Crippen LogP contribution in [0.15, 0.2) is 42.6 Å². The molecule has 0 unspecified atom stereocenters. The van der Waals surface area contributed by atoms with Crippen LogP contribution in [-0.2, 0) is 11.2 Å². The Morgan fingerprint density at radius 2 is 2.00 bits per heavy atom. The molecule has 0 saturated carbocycles. The van der Waals surface area contributed by atoms with Crippen molar-refractivity contribution in [2.75, 3.05) is 37.0 Å². The van der Waals surface area contributed by atoms with Crippen molar-refractivity contribution < 1.29 is 9.59 Å². The second-order valence-electron chi connectivity index (χ2n) is 6.23. The van der Waals surface area contributed by atoms with Crippen molar-refractivity contribution in [1.82, 2.24) is 10.3 Å². The third kappa shape index (κ3) is 3.63. The molecule has 0 bridgehead atoms. The molecule has 25 heavy (non-hydrogen) atoms. The van der Waals surface area contributed by atoms with Crippen molar-refractivity contribution in [3.05, 3.63) is 53.7 Å². The molecule has 6 nitrogen and oxygen atoms in total. The van der Waals surface area contributed by atoms with E-state index in [0.29, 0.717) is 17.9 Å². The Kier molecular flexibility index (Phi) is 4.97. The lowest BCUT2D eigenvalue weighted by atomic mass is 10.0.